The highest BCUT2D eigenvalue weighted by Crippen LogP contribution is 2.31. The Morgan fingerprint density at radius 2 is 2.22 bits per heavy atom. The predicted octanol–water partition coefficient (Wildman–Crippen LogP) is 2.35. The summed E-state index contributed by atoms with van der Waals surface area (Å²) in [5, 5.41) is 23.5. The zero-order valence-electron chi connectivity index (χ0n) is 14.5. The zero-order chi connectivity index (χ0) is 17.3. The van der Waals surface area contributed by atoms with Crippen LogP contribution in [0.4, 0.5) is 5.69 Å². The standard InChI is InChI=1S/C17H22N4O2/c1-17(2,22)12-23-14-8-15(20-6-4-3-5-7-20)16-13(9-18)10-19-21(16)11-14/h8,10-11,22H,3-7,12H2,1-2H3/i3D. The van der Waals surface area contributed by atoms with Gasteiger partial charge in [0.2, 0.25) is 0 Å². The summed E-state index contributed by atoms with van der Waals surface area (Å²) in [6.07, 6.45) is 4.86. The van der Waals surface area contributed by atoms with E-state index in [0.717, 1.165) is 37.1 Å². The Kier molecular flexibility index (Phi) is 3.80. The molecule has 2 aromatic heterocycles. The first-order chi connectivity index (χ1) is 11.4. The van der Waals surface area contributed by atoms with E-state index in [-0.39, 0.29) is 13.0 Å². The van der Waals surface area contributed by atoms with Crippen molar-refractivity contribution >= 4 is 11.2 Å². The summed E-state index contributed by atoms with van der Waals surface area (Å²) >= 11 is 0. The van der Waals surface area contributed by atoms with Crippen LogP contribution in [0.3, 0.4) is 0 Å². The molecule has 1 saturated heterocycles. The van der Waals surface area contributed by atoms with E-state index >= 15 is 0 Å². The molecule has 1 aliphatic heterocycles. The quantitative estimate of drug-likeness (QED) is 0.937. The number of aliphatic hydroxyl groups is 1. The maximum Gasteiger partial charge on any atom is 0.139 e. The van der Waals surface area contributed by atoms with Gasteiger partial charge in [0.25, 0.3) is 0 Å². The van der Waals surface area contributed by atoms with Crippen LogP contribution in [0.15, 0.2) is 18.5 Å². The highest BCUT2D eigenvalue weighted by Gasteiger charge is 2.20. The molecule has 122 valence electrons. The Morgan fingerprint density at radius 3 is 2.87 bits per heavy atom. The van der Waals surface area contributed by atoms with Gasteiger partial charge in [-0.3, -0.25) is 0 Å². The molecule has 0 bridgehead atoms. The predicted molar refractivity (Wildman–Crippen MR) is 87.8 cm³/mol. The van der Waals surface area contributed by atoms with E-state index in [1.807, 2.05) is 6.07 Å². The van der Waals surface area contributed by atoms with E-state index in [4.69, 9.17) is 6.11 Å². The topological polar surface area (TPSA) is 73.8 Å². The molecular weight excluding hydrogens is 292 g/mol. The number of hydrogen-bond donors (Lipinski definition) is 1. The molecule has 3 rings (SSSR count). The van der Waals surface area contributed by atoms with E-state index in [1.165, 1.54) is 0 Å². The molecule has 2 aromatic rings. The van der Waals surface area contributed by atoms with Gasteiger partial charge in [-0.2, -0.15) is 10.4 Å². The molecule has 0 atom stereocenters. The lowest BCUT2D eigenvalue weighted by atomic mass is 10.1. The third-order valence-electron chi connectivity index (χ3n) is 3.83. The monoisotopic (exact) mass is 315 g/mol. The van der Waals surface area contributed by atoms with Crippen molar-refractivity contribution in [3.05, 3.63) is 24.0 Å². The van der Waals surface area contributed by atoms with Crippen molar-refractivity contribution in [3.63, 3.8) is 0 Å². The number of fused-ring (bicyclic) bond motifs is 1. The van der Waals surface area contributed by atoms with Crippen LogP contribution < -0.4 is 9.64 Å². The van der Waals surface area contributed by atoms with Gasteiger partial charge in [-0.1, -0.05) is 0 Å². The molecule has 3 heterocycles. The minimum atomic E-state index is -0.930. The van der Waals surface area contributed by atoms with E-state index < -0.39 is 5.60 Å². The van der Waals surface area contributed by atoms with Crippen LogP contribution in [0.25, 0.3) is 5.52 Å². The van der Waals surface area contributed by atoms with Crippen LogP contribution in [-0.4, -0.2) is 40.0 Å². The van der Waals surface area contributed by atoms with Crippen molar-refractivity contribution in [3.8, 4) is 11.8 Å². The van der Waals surface area contributed by atoms with Crippen LogP contribution in [0.5, 0.6) is 5.75 Å². The SMILES string of the molecule is [2H]C1CCN(c2cc(OCC(C)(C)O)cn3ncc(C#N)c23)CC1. The molecular formula is C17H22N4O2. The fraction of sp³-hybridized carbons (Fsp3) is 0.529. The summed E-state index contributed by atoms with van der Waals surface area (Å²) in [6.45, 7) is 5.09. The largest absolute Gasteiger partial charge is 0.489 e. The molecule has 1 aliphatic rings. The third kappa shape index (κ3) is 3.40. The Balaban J connectivity index is 2.00. The van der Waals surface area contributed by atoms with Crippen LogP contribution in [-0.2, 0) is 0 Å². The van der Waals surface area contributed by atoms with Crippen molar-refractivity contribution in [2.45, 2.75) is 38.7 Å². The van der Waals surface area contributed by atoms with Gasteiger partial charge >= 0.3 is 0 Å². The fourth-order valence-corrected chi connectivity index (χ4v) is 2.73. The lowest BCUT2D eigenvalue weighted by molar-refractivity contribution is 0.0283. The second kappa shape index (κ2) is 6.09. The van der Waals surface area contributed by atoms with Gasteiger partial charge in [0.05, 0.1) is 29.2 Å². The van der Waals surface area contributed by atoms with Crippen LogP contribution in [0.2, 0.25) is 0 Å². The fourth-order valence-electron chi connectivity index (χ4n) is 2.73. The molecule has 0 radical (unpaired) electrons. The van der Waals surface area contributed by atoms with E-state index in [1.54, 1.807) is 30.8 Å². The molecule has 1 fully saturated rings. The van der Waals surface area contributed by atoms with Crippen molar-refractivity contribution in [2.75, 3.05) is 24.6 Å². The Bertz CT molecular complexity index is 767. The number of rotatable bonds is 4. The number of aromatic nitrogens is 2. The lowest BCUT2D eigenvalue weighted by Gasteiger charge is -2.30. The number of hydrogen-bond acceptors (Lipinski definition) is 5. The number of anilines is 1. The highest BCUT2D eigenvalue weighted by atomic mass is 16.5. The average Bonchev–Trinajstić information content (AvgIpc) is 2.95. The molecule has 0 amide bonds. The lowest BCUT2D eigenvalue weighted by Crippen LogP contribution is -2.30. The summed E-state index contributed by atoms with van der Waals surface area (Å²) in [5.74, 6) is 0.597. The smallest absolute Gasteiger partial charge is 0.139 e. The summed E-state index contributed by atoms with van der Waals surface area (Å²) in [6, 6.07) is 4.08. The Labute approximate surface area is 137 Å². The van der Waals surface area contributed by atoms with Gasteiger partial charge in [-0.15, -0.1) is 0 Å². The van der Waals surface area contributed by atoms with Crippen LogP contribution in [0.1, 0.15) is 40.0 Å². The van der Waals surface area contributed by atoms with Gasteiger partial charge in [0.1, 0.15) is 23.9 Å². The molecule has 0 spiro atoms. The first kappa shape index (κ1) is 14.3. The van der Waals surface area contributed by atoms with Gasteiger partial charge in [0, 0.05) is 20.5 Å². The number of nitrogens with zero attached hydrogens (tertiary/aromatic N) is 4. The summed E-state index contributed by atoms with van der Waals surface area (Å²) in [7, 11) is 0. The molecule has 6 nitrogen and oxygen atoms in total. The molecule has 0 aromatic carbocycles. The number of ether oxygens (including phenoxy) is 1. The Hall–Kier alpha value is -2.26. The van der Waals surface area contributed by atoms with Gasteiger partial charge in [0.15, 0.2) is 0 Å². The normalized spacial score (nSPS) is 17.1. The average molecular weight is 315 g/mol. The highest BCUT2D eigenvalue weighted by molar-refractivity contribution is 5.80. The molecule has 1 N–H and O–H groups in total. The maximum atomic E-state index is 9.86. The third-order valence-corrected chi connectivity index (χ3v) is 3.83. The molecule has 23 heavy (non-hydrogen) atoms. The van der Waals surface area contributed by atoms with Crippen molar-refractivity contribution in [2.24, 2.45) is 0 Å². The first-order valence-corrected chi connectivity index (χ1v) is 7.81. The molecule has 0 aliphatic carbocycles. The number of nitriles is 1. The van der Waals surface area contributed by atoms with Crippen molar-refractivity contribution in [1.82, 2.24) is 9.61 Å². The van der Waals surface area contributed by atoms with Crippen molar-refractivity contribution < 1.29 is 11.2 Å². The Morgan fingerprint density at radius 1 is 1.48 bits per heavy atom. The second-order valence-electron chi connectivity index (χ2n) is 6.48. The number of piperidine rings is 1. The van der Waals surface area contributed by atoms with E-state index in [0.29, 0.717) is 11.3 Å². The van der Waals surface area contributed by atoms with E-state index in [2.05, 4.69) is 16.1 Å². The van der Waals surface area contributed by atoms with Crippen molar-refractivity contribution in [1.29, 1.82) is 5.26 Å². The molecule has 0 unspecified atom stereocenters. The van der Waals surface area contributed by atoms with Gasteiger partial charge in [-0.05, 0) is 33.1 Å². The van der Waals surface area contributed by atoms with Gasteiger partial charge < -0.3 is 14.7 Å². The summed E-state index contributed by atoms with van der Waals surface area (Å²) in [5.41, 5.74) is 1.24. The maximum absolute atomic E-state index is 9.86. The summed E-state index contributed by atoms with van der Waals surface area (Å²) in [4.78, 5) is 2.18. The van der Waals surface area contributed by atoms with Gasteiger partial charge in [-0.25, -0.2) is 4.52 Å². The zero-order valence-corrected chi connectivity index (χ0v) is 13.5. The van der Waals surface area contributed by atoms with Crippen LogP contribution >= 0.6 is 0 Å². The molecule has 0 saturated carbocycles. The van der Waals surface area contributed by atoms with Crippen LogP contribution in [0, 0.1) is 11.3 Å². The second-order valence-corrected chi connectivity index (χ2v) is 6.48. The molecule has 6 heteroatoms. The first-order valence-electron chi connectivity index (χ1n) is 8.39. The number of pyridine rings is 1. The minimum absolute atomic E-state index is 0.0211. The minimum Gasteiger partial charge on any atom is -0.489 e. The van der Waals surface area contributed by atoms with E-state index in [9.17, 15) is 10.4 Å². The summed E-state index contributed by atoms with van der Waals surface area (Å²) < 4.78 is 15.2.